The van der Waals surface area contributed by atoms with Crippen LogP contribution in [0.5, 0.6) is 5.88 Å². The predicted octanol–water partition coefficient (Wildman–Crippen LogP) is 4.79. The fourth-order valence-corrected chi connectivity index (χ4v) is 4.93. The number of aliphatic carboxylic acids is 1. The summed E-state index contributed by atoms with van der Waals surface area (Å²) in [7, 11) is 0. The van der Waals surface area contributed by atoms with Gasteiger partial charge in [0.05, 0.1) is 4.88 Å². The summed E-state index contributed by atoms with van der Waals surface area (Å²) in [4.78, 5) is 11.6. The quantitative estimate of drug-likeness (QED) is 0.475. The molecule has 4 aromatic rings. The zero-order chi connectivity index (χ0) is 19.1. The number of nitrogens with zero attached hydrogens (tertiary/aromatic N) is 2. The summed E-state index contributed by atoms with van der Waals surface area (Å²) in [5, 5.41) is 21.8. The Bertz CT molecular complexity index is 1230. The van der Waals surface area contributed by atoms with E-state index in [4.69, 9.17) is 17.3 Å². The fourth-order valence-electron chi connectivity index (χ4n) is 3.57. The number of para-hydroxylation sites is 1. The summed E-state index contributed by atoms with van der Waals surface area (Å²) in [6.45, 7) is 2.70. The standard InChI is InChI=1S/C20H18N2O3S2/c1-2-21-15-6-4-3-5-13(15)14-9-12(7-8-16(14)21)10-17-19(25)22(11-18(23)24)20(26)27-17/h3-9,25H,2,10-11H2,1H3,(H,23,24). The summed E-state index contributed by atoms with van der Waals surface area (Å²) in [6, 6.07) is 14.6. The lowest BCUT2D eigenvalue weighted by Crippen LogP contribution is -2.08. The van der Waals surface area contributed by atoms with Crippen LogP contribution in [0.3, 0.4) is 0 Å². The van der Waals surface area contributed by atoms with E-state index in [1.54, 1.807) is 0 Å². The molecule has 0 saturated heterocycles. The Kier molecular flexibility index (Phi) is 4.49. The SMILES string of the molecule is CCn1c2ccccc2c2cc(Cc3sc(=S)n(CC(=O)O)c3O)ccc21. The van der Waals surface area contributed by atoms with Gasteiger partial charge >= 0.3 is 5.97 Å². The number of fused-ring (bicyclic) bond motifs is 3. The maximum Gasteiger partial charge on any atom is 0.323 e. The van der Waals surface area contributed by atoms with Crippen molar-refractivity contribution in [2.45, 2.75) is 26.4 Å². The molecular weight excluding hydrogens is 380 g/mol. The Morgan fingerprint density at radius 2 is 1.85 bits per heavy atom. The molecule has 0 aliphatic rings. The monoisotopic (exact) mass is 398 g/mol. The molecule has 0 saturated carbocycles. The lowest BCUT2D eigenvalue weighted by molar-refractivity contribution is -0.137. The molecule has 0 fully saturated rings. The van der Waals surface area contributed by atoms with Gasteiger partial charge in [0.15, 0.2) is 3.95 Å². The number of aromatic hydroxyl groups is 1. The second-order valence-electron chi connectivity index (χ2n) is 6.38. The minimum Gasteiger partial charge on any atom is -0.494 e. The zero-order valence-electron chi connectivity index (χ0n) is 14.7. The van der Waals surface area contributed by atoms with Crippen LogP contribution in [-0.4, -0.2) is 25.3 Å². The third-order valence-corrected chi connectivity index (χ3v) is 6.19. The Labute approximate surface area is 164 Å². The van der Waals surface area contributed by atoms with Crippen LogP contribution < -0.4 is 0 Å². The molecule has 2 heterocycles. The van der Waals surface area contributed by atoms with E-state index in [0.717, 1.165) is 12.1 Å². The number of hydrogen-bond acceptors (Lipinski definition) is 4. The first kappa shape index (κ1) is 17.8. The van der Waals surface area contributed by atoms with Crippen molar-refractivity contribution < 1.29 is 15.0 Å². The molecule has 5 nitrogen and oxygen atoms in total. The Balaban J connectivity index is 1.79. The van der Waals surface area contributed by atoms with Gasteiger partial charge in [-0.1, -0.05) is 24.3 Å². The van der Waals surface area contributed by atoms with Crippen LogP contribution in [0.25, 0.3) is 21.8 Å². The van der Waals surface area contributed by atoms with Crippen molar-refractivity contribution in [3.8, 4) is 5.88 Å². The normalized spacial score (nSPS) is 11.4. The molecule has 27 heavy (non-hydrogen) atoms. The minimum absolute atomic E-state index is 0.0523. The van der Waals surface area contributed by atoms with Gasteiger partial charge < -0.3 is 14.8 Å². The Hall–Kier alpha value is -2.64. The highest BCUT2D eigenvalue weighted by Gasteiger charge is 2.16. The molecule has 7 heteroatoms. The molecule has 4 rings (SSSR count). The number of benzene rings is 2. The lowest BCUT2D eigenvalue weighted by Gasteiger charge is -2.05. The second kappa shape index (κ2) is 6.83. The third-order valence-electron chi connectivity index (χ3n) is 4.75. The van der Waals surface area contributed by atoms with E-state index >= 15 is 0 Å². The number of rotatable bonds is 5. The van der Waals surface area contributed by atoms with E-state index in [0.29, 0.717) is 15.3 Å². The summed E-state index contributed by atoms with van der Waals surface area (Å²) in [6.07, 6.45) is 0.508. The number of hydrogen-bond donors (Lipinski definition) is 2. The van der Waals surface area contributed by atoms with Gasteiger partial charge in [-0.3, -0.25) is 9.36 Å². The highest BCUT2D eigenvalue weighted by Crippen LogP contribution is 2.32. The largest absolute Gasteiger partial charge is 0.494 e. The molecule has 0 spiro atoms. The van der Waals surface area contributed by atoms with Gasteiger partial charge in [-0.2, -0.15) is 0 Å². The highest BCUT2D eigenvalue weighted by molar-refractivity contribution is 7.73. The van der Waals surface area contributed by atoms with E-state index in [-0.39, 0.29) is 12.4 Å². The van der Waals surface area contributed by atoms with Crippen LogP contribution in [0.4, 0.5) is 0 Å². The van der Waals surface area contributed by atoms with Crippen LogP contribution in [0.1, 0.15) is 17.4 Å². The number of carboxylic acid groups (broad SMARTS) is 1. The summed E-state index contributed by atoms with van der Waals surface area (Å²) < 4.78 is 3.92. The number of carbonyl (C=O) groups is 1. The molecule has 0 bridgehead atoms. The molecule has 0 amide bonds. The summed E-state index contributed by atoms with van der Waals surface area (Å²) in [5.41, 5.74) is 3.44. The van der Waals surface area contributed by atoms with Crippen molar-refractivity contribution in [3.05, 3.63) is 56.9 Å². The minimum atomic E-state index is -1.03. The number of aryl methyl sites for hydroxylation is 1. The van der Waals surface area contributed by atoms with Crippen molar-refractivity contribution in [2.24, 2.45) is 0 Å². The summed E-state index contributed by atoms with van der Waals surface area (Å²) >= 11 is 6.46. The fraction of sp³-hybridized carbons (Fsp3) is 0.200. The van der Waals surface area contributed by atoms with Gasteiger partial charge in [0.2, 0.25) is 5.88 Å². The van der Waals surface area contributed by atoms with E-state index in [1.807, 2.05) is 12.1 Å². The molecule has 2 aromatic heterocycles. The molecule has 2 aromatic carbocycles. The molecular formula is C20H18N2O3S2. The Morgan fingerprint density at radius 1 is 1.11 bits per heavy atom. The third kappa shape index (κ3) is 3.02. The number of aromatic nitrogens is 2. The van der Waals surface area contributed by atoms with E-state index < -0.39 is 5.97 Å². The molecule has 0 aliphatic carbocycles. The van der Waals surface area contributed by atoms with Gasteiger partial charge in [-0.25, -0.2) is 0 Å². The smallest absolute Gasteiger partial charge is 0.323 e. The molecule has 0 radical (unpaired) electrons. The number of thiazole rings is 1. The first-order valence-corrected chi connectivity index (χ1v) is 9.85. The van der Waals surface area contributed by atoms with Crippen molar-refractivity contribution >= 4 is 51.3 Å². The van der Waals surface area contributed by atoms with Crippen LogP contribution in [0.15, 0.2) is 42.5 Å². The molecule has 138 valence electrons. The van der Waals surface area contributed by atoms with Crippen molar-refractivity contribution in [3.63, 3.8) is 0 Å². The zero-order valence-corrected chi connectivity index (χ0v) is 16.3. The number of carboxylic acids is 1. The van der Waals surface area contributed by atoms with Gasteiger partial charge in [-0.05, 0) is 42.9 Å². The average molecular weight is 399 g/mol. The van der Waals surface area contributed by atoms with Gasteiger partial charge in [-0.15, -0.1) is 11.3 Å². The van der Waals surface area contributed by atoms with E-state index in [2.05, 4.69) is 41.8 Å². The van der Waals surface area contributed by atoms with Gasteiger partial charge in [0.1, 0.15) is 6.54 Å². The molecule has 0 unspecified atom stereocenters. The molecule has 2 N–H and O–H groups in total. The first-order chi connectivity index (χ1) is 13.0. The predicted molar refractivity (Wildman–Crippen MR) is 110 cm³/mol. The second-order valence-corrected chi connectivity index (χ2v) is 8.11. The van der Waals surface area contributed by atoms with E-state index in [9.17, 15) is 9.90 Å². The lowest BCUT2D eigenvalue weighted by atomic mass is 10.1. The topological polar surface area (TPSA) is 67.4 Å². The maximum absolute atomic E-state index is 11.0. The van der Waals surface area contributed by atoms with Crippen LogP contribution in [0, 0.1) is 3.95 Å². The van der Waals surface area contributed by atoms with Crippen molar-refractivity contribution in [2.75, 3.05) is 0 Å². The van der Waals surface area contributed by atoms with Crippen molar-refractivity contribution in [1.29, 1.82) is 0 Å². The maximum atomic E-state index is 11.0. The van der Waals surface area contributed by atoms with Gasteiger partial charge in [0, 0.05) is 34.8 Å². The van der Waals surface area contributed by atoms with E-state index in [1.165, 1.54) is 37.7 Å². The summed E-state index contributed by atoms with van der Waals surface area (Å²) in [5.74, 6) is -1.08. The molecule has 0 atom stereocenters. The van der Waals surface area contributed by atoms with Crippen LogP contribution in [-0.2, 0) is 24.3 Å². The van der Waals surface area contributed by atoms with Gasteiger partial charge in [0.25, 0.3) is 0 Å². The first-order valence-electron chi connectivity index (χ1n) is 8.62. The van der Waals surface area contributed by atoms with Crippen LogP contribution >= 0.6 is 23.6 Å². The average Bonchev–Trinajstić information content (AvgIpc) is 3.10. The highest BCUT2D eigenvalue weighted by atomic mass is 32.1. The van der Waals surface area contributed by atoms with Crippen molar-refractivity contribution in [1.82, 2.24) is 9.13 Å². The Morgan fingerprint density at radius 3 is 2.59 bits per heavy atom. The van der Waals surface area contributed by atoms with Crippen LogP contribution in [0.2, 0.25) is 0 Å². The molecule has 0 aliphatic heterocycles.